The van der Waals surface area contributed by atoms with Crippen LogP contribution in [0.5, 0.6) is 5.75 Å². The van der Waals surface area contributed by atoms with Gasteiger partial charge < -0.3 is 10.1 Å². The van der Waals surface area contributed by atoms with Crippen LogP contribution in [0.4, 0.5) is 5.82 Å². The smallest absolute Gasteiger partial charge is 0.144 e. The highest BCUT2D eigenvalue weighted by molar-refractivity contribution is 5.65. The molecule has 0 aliphatic rings. The molecule has 1 aromatic heterocycles. The van der Waals surface area contributed by atoms with Crippen molar-refractivity contribution in [3.05, 3.63) is 42.0 Å². The van der Waals surface area contributed by atoms with Crippen molar-refractivity contribution in [2.75, 3.05) is 11.9 Å². The molecule has 1 N–H and O–H groups in total. The molecule has 0 fully saturated rings. The first-order valence-corrected chi connectivity index (χ1v) is 7.06. The Kier molecular flexibility index (Phi) is 4.78. The van der Waals surface area contributed by atoms with Crippen LogP contribution in [0.2, 0.25) is 0 Å². The van der Waals surface area contributed by atoms with Gasteiger partial charge in [0.1, 0.15) is 17.6 Å². The number of ether oxygens (including phenoxy) is 1. The molecular formula is C17H19N3O. The molecule has 1 aromatic carbocycles. The number of anilines is 1. The molecule has 0 radical (unpaired) electrons. The Labute approximate surface area is 125 Å². The summed E-state index contributed by atoms with van der Waals surface area (Å²) in [4.78, 5) is 4.52. The van der Waals surface area contributed by atoms with Gasteiger partial charge in [-0.05, 0) is 57.2 Å². The fourth-order valence-electron chi connectivity index (χ4n) is 1.99. The lowest BCUT2D eigenvalue weighted by Gasteiger charge is -2.11. The van der Waals surface area contributed by atoms with Crippen molar-refractivity contribution in [2.45, 2.75) is 26.9 Å². The molecule has 4 heteroatoms. The summed E-state index contributed by atoms with van der Waals surface area (Å²) in [7, 11) is 0. The van der Waals surface area contributed by atoms with Gasteiger partial charge in [-0.2, -0.15) is 5.26 Å². The van der Waals surface area contributed by atoms with Crippen molar-refractivity contribution < 1.29 is 4.74 Å². The third-order valence-corrected chi connectivity index (χ3v) is 2.88. The number of aromatic nitrogens is 1. The molecule has 108 valence electrons. The van der Waals surface area contributed by atoms with Crippen molar-refractivity contribution in [1.82, 2.24) is 4.98 Å². The molecule has 4 nitrogen and oxygen atoms in total. The van der Waals surface area contributed by atoms with E-state index < -0.39 is 0 Å². The third-order valence-electron chi connectivity index (χ3n) is 2.88. The maximum Gasteiger partial charge on any atom is 0.144 e. The van der Waals surface area contributed by atoms with Crippen LogP contribution in [0.15, 0.2) is 36.4 Å². The molecule has 1 heterocycles. The summed E-state index contributed by atoms with van der Waals surface area (Å²) >= 11 is 0. The summed E-state index contributed by atoms with van der Waals surface area (Å²) in [5.41, 5.74) is 2.39. The van der Waals surface area contributed by atoms with Gasteiger partial charge in [0.2, 0.25) is 0 Å². The van der Waals surface area contributed by atoms with Gasteiger partial charge in [-0.25, -0.2) is 4.98 Å². The number of rotatable bonds is 5. The van der Waals surface area contributed by atoms with Crippen molar-refractivity contribution >= 4 is 5.82 Å². The average Bonchev–Trinajstić information content (AvgIpc) is 2.48. The molecule has 0 aliphatic heterocycles. The zero-order chi connectivity index (χ0) is 15.2. The van der Waals surface area contributed by atoms with Gasteiger partial charge in [0, 0.05) is 12.1 Å². The van der Waals surface area contributed by atoms with Crippen LogP contribution in [0, 0.1) is 11.3 Å². The minimum atomic E-state index is 0.157. The Morgan fingerprint density at radius 2 is 1.90 bits per heavy atom. The van der Waals surface area contributed by atoms with Gasteiger partial charge in [-0.15, -0.1) is 0 Å². The largest absolute Gasteiger partial charge is 0.491 e. The van der Waals surface area contributed by atoms with Crippen LogP contribution in [0.25, 0.3) is 11.3 Å². The van der Waals surface area contributed by atoms with Crippen LogP contribution in [-0.2, 0) is 0 Å². The molecule has 0 saturated carbocycles. The number of hydrogen-bond donors (Lipinski definition) is 1. The molecule has 0 unspecified atom stereocenters. The fraction of sp³-hybridized carbons (Fsp3) is 0.294. The molecule has 0 saturated heterocycles. The van der Waals surface area contributed by atoms with Gasteiger partial charge >= 0.3 is 0 Å². The van der Waals surface area contributed by atoms with Crippen LogP contribution < -0.4 is 10.1 Å². The van der Waals surface area contributed by atoms with Crippen molar-refractivity contribution in [1.29, 1.82) is 5.26 Å². The van der Waals surface area contributed by atoms with Crippen molar-refractivity contribution in [3.63, 3.8) is 0 Å². The summed E-state index contributed by atoms with van der Waals surface area (Å²) in [6, 6.07) is 13.6. The Morgan fingerprint density at radius 1 is 1.19 bits per heavy atom. The van der Waals surface area contributed by atoms with Crippen LogP contribution in [-0.4, -0.2) is 17.6 Å². The Bertz CT molecular complexity index is 642. The van der Waals surface area contributed by atoms with Crippen molar-refractivity contribution in [2.24, 2.45) is 0 Å². The topological polar surface area (TPSA) is 57.9 Å². The second-order valence-corrected chi connectivity index (χ2v) is 4.93. The molecule has 0 spiro atoms. The minimum Gasteiger partial charge on any atom is -0.491 e. The summed E-state index contributed by atoms with van der Waals surface area (Å²) in [6.07, 6.45) is 0.157. The molecule has 2 rings (SSSR count). The van der Waals surface area contributed by atoms with E-state index in [2.05, 4.69) is 16.4 Å². The van der Waals surface area contributed by atoms with Crippen LogP contribution >= 0.6 is 0 Å². The first-order chi connectivity index (χ1) is 10.1. The predicted octanol–water partition coefficient (Wildman–Crippen LogP) is 3.84. The maximum absolute atomic E-state index is 9.08. The van der Waals surface area contributed by atoms with E-state index in [-0.39, 0.29) is 6.10 Å². The molecule has 0 amide bonds. The maximum atomic E-state index is 9.08. The van der Waals surface area contributed by atoms with E-state index in [1.165, 1.54) is 0 Å². The highest BCUT2D eigenvalue weighted by Crippen LogP contribution is 2.24. The lowest BCUT2D eigenvalue weighted by Crippen LogP contribution is -2.05. The van der Waals surface area contributed by atoms with E-state index in [0.717, 1.165) is 23.6 Å². The molecule has 0 bridgehead atoms. The number of nitriles is 1. The Hall–Kier alpha value is -2.54. The number of benzene rings is 1. The van der Waals surface area contributed by atoms with Crippen LogP contribution in [0.1, 0.15) is 26.3 Å². The molecule has 21 heavy (non-hydrogen) atoms. The lowest BCUT2D eigenvalue weighted by atomic mass is 10.1. The lowest BCUT2D eigenvalue weighted by molar-refractivity contribution is 0.242. The molecule has 0 aliphatic carbocycles. The zero-order valence-electron chi connectivity index (χ0n) is 12.6. The predicted molar refractivity (Wildman–Crippen MR) is 84.3 cm³/mol. The zero-order valence-corrected chi connectivity index (χ0v) is 12.6. The average molecular weight is 281 g/mol. The van der Waals surface area contributed by atoms with E-state index in [1.807, 2.05) is 51.1 Å². The molecule has 0 atom stereocenters. The monoisotopic (exact) mass is 281 g/mol. The first kappa shape index (κ1) is 14.9. The van der Waals surface area contributed by atoms with Gasteiger partial charge in [0.15, 0.2) is 0 Å². The van der Waals surface area contributed by atoms with Gasteiger partial charge in [0.05, 0.1) is 17.4 Å². The summed E-state index contributed by atoms with van der Waals surface area (Å²) in [5.74, 6) is 1.47. The number of nitrogens with zero attached hydrogens (tertiary/aromatic N) is 2. The number of pyridine rings is 1. The van der Waals surface area contributed by atoms with Gasteiger partial charge in [-0.3, -0.25) is 0 Å². The molecular weight excluding hydrogens is 262 g/mol. The SMILES string of the molecule is CCNc1nc(-c2ccc(OC(C)C)cc2)ccc1C#N. The third kappa shape index (κ3) is 3.73. The normalized spacial score (nSPS) is 10.2. The number of nitrogens with one attached hydrogen (secondary N) is 1. The van der Waals surface area contributed by atoms with E-state index in [0.29, 0.717) is 11.4 Å². The van der Waals surface area contributed by atoms with E-state index in [4.69, 9.17) is 10.00 Å². The second kappa shape index (κ2) is 6.76. The highest BCUT2D eigenvalue weighted by Gasteiger charge is 2.07. The Morgan fingerprint density at radius 3 is 2.48 bits per heavy atom. The van der Waals surface area contributed by atoms with E-state index in [1.54, 1.807) is 6.07 Å². The second-order valence-electron chi connectivity index (χ2n) is 4.93. The van der Waals surface area contributed by atoms with Crippen molar-refractivity contribution in [3.8, 4) is 23.1 Å². The first-order valence-electron chi connectivity index (χ1n) is 7.06. The summed E-state index contributed by atoms with van der Waals surface area (Å²) < 4.78 is 5.63. The summed E-state index contributed by atoms with van der Waals surface area (Å²) in [5, 5.41) is 12.2. The standard InChI is InChI=1S/C17H19N3O/c1-4-19-17-14(11-18)7-10-16(20-17)13-5-8-15(9-6-13)21-12(2)3/h5-10,12H,4H2,1-3H3,(H,19,20). The number of hydrogen-bond acceptors (Lipinski definition) is 4. The molecule has 2 aromatic rings. The van der Waals surface area contributed by atoms with E-state index >= 15 is 0 Å². The van der Waals surface area contributed by atoms with Gasteiger partial charge in [-0.1, -0.05) is 0 Å². The van der Waals surface area contributed by atoms with Gasteiger partial charge in [0.25, 0.3) is 0 Å². The Balaban J connectivity index is 2.29. The van der Waals surface area contributed by atoms with E-state index in [9.17, 15) is 0 Å². The van der Waals surface area contributed by atoms with Crippen LogP contribution in [0.3, 0.4) is 0 Å². The highest BCUT2D eigenvalue weighted by atomic mass is 16.5. The fourth-order valence-corrected chi connectivity index (χ4v) is 1.99. The quantitative estimate of drug-likeness (QED) is 0.904. The minimum absolute atomic E-state index is 0.157. The summed E-state index contributed by atoms with van der Waals surface area (Å²) in [6.45, 7) is 6.71.